The zero-order valence-electron chi connectivity index (χ0n) is 10.2. The summed E-state index contributed by atoms with van der Waals surface area (Å²) in [7, 11) is 1.84. The molecule has 1 amide bonds. The maximum atomic E-state index is 12.1. The molecule has 0 radical (unpaired) electrons. The van der Waals surface area contributed by atoms with Crippen molar-refractivity contribution in [3.63, 3.8) is 0 Å². The van der Waals surface area contributed by atoms with Crippen LogP contribution in [0.15, 0.2) is 24.3 Å². The molecule has 0 saturated carbocycles. The fourth-order valence-electron chi connectivity index (χ4n) is 2.06. The number of rotatable bonds is 1. The van der Waals surface area contributed by atoms with E-state index in [1.54, 1.807) is 4.90 Å². The van der Waals surface area contributed by atoms with Crippen LogP contribution in [0.4, 0.5) is 0 Å². The highest BCUT2D eigenvalue weighted by Crippen LogP contribution is 2.28. The van der Waals surface area contributed by atoms with Crippen LogP contribution >= 0.6 is 0 Å². The van der Waals surface area contributed by atoms with E-state index in [1.807, 2.05) is 46.0 Å². The Morgan fingerprint density at radius 3 is 2.56 bits per heavy atom. The molecular formula is C13H18N2O. The van der Waals surface area contributed by atoms with Crippen LogP contribution in [0.1, 0.15) is 31.0 Å². The lowest BCUT2D eigenvalue weighted by atomic mass is 10.0. The number of nitrogens with one attached hydrogen (secondary N) is 1. The van der Waals surface area contributed by atoms with Crippen molar-refractivity contribution in [3.05, 3.63) is 35.4 Å². The standard InChI is InChI=1S/C13H18N2O/c1-9-6-5-7-10(8-9)11-12(16)15(4)13(2,3)14-11/h5-8,11,14H,1-4H3/t11-/m1/s1. The molecule has 1 N–H and O–H groups in total. The maximum Gasteiger partial charge on any atom is 0.245 e. The van der Waals surface area contributed by atoms with Crippen molar-refractivity contribution in [3.8, 4) is 0 Å². The molecular weight excluding hydrogens is 200 g/mol. The molecule has 1 aromatic carbocycles. The van der Waals surface area contributed by atoms with Gasteiger partial charge in [-0.05, 0) is 26.3 Å². The van der Waals surface area contributed by atoms with Crippen LogP contribution in [-0.2, 0) is 4.79 Å². The van der Waals surface area contributed by atoms with Gasteiger partial charge in [0.1, 0.15) is 6.04 Å². The van der Waals surface area contributed by atoms with Gasteiger partial charge >= 0.3 is 0 Å². The molecule has 1 aliphatic heterocycles. The van der Waals surface area contributed by atoms with Crippen molar-refractivity contribution in [2.24, 2.45) is 0 Å². The minimum Gasteiger partial charge on any atom is -0.326 e. The molecule has 0 aliphatic carbocycles. The van der Waals surface area contributed by atoms with Crippen LogP contribution in [0.2, 0.25) is 0 Å². The topological polar surface area (TPSA) is 32.3 Å². The molecule has 1 atom stereocenters. The van der Waals surface area contributed by atoms with E-state index < -0.39 is 0 Å². The summed E-state index contributed by atoms with van der Waals surface area (Å²) in [6, 6.07) is 7.88. The van der Waals surface area contributed by atoms with Crippen molar-refractivity contribution >= 4 is 5.91 Å². The van der Waals surface area contributed by atoms with Gasteiger partial charge in [-0.2, -0.15) is 0 Å². The average molecular weight is 218 g/mol. The van der Waals surface area contributed by atoms with Gasteiger partial charge in [-0.25, -0.2) is 0 Å². The summed E-state index contributed by atoms with van der Waals surface area (Å²) in [5, 5.41) is 3.35. The van der Waals surface area contributed by atoms with E-state index in [0.717, 1.165) is 5.56 Å². The SMILES string of the molecule is Cc1cccc([C@H]2NC(C)(C)N(C)C2=O)c1. The number of carbonyl (C=O) groups excluding carboxylic acids is 1. The Hall–Kier alpha value is -1.35. The predicted molar refractivity (Wildman–Crippen MR) is 63.9 cm³/mol. The van der Waals surface area contributed by atoms with E-state index in [1.165, 1.54) is 5.56 Å². The first-order valence-electron chi connectivity index (χ1n) is 5.54. The predicted octanol–water partition coefficient (Wildman–Crippen LogP) is 1.83. The van der Waals surface area contributed by atoms with Crippen LogP contribution in [0.3, 0.4) is 0 Å². The van der Waals surface area contributed by atoms with Gasteiger partial charge in [0.2, 0.25) is 5.91 Å². The third kappa shape index (κ3) is 1.71. The number of carbonyl (C=O) groups is 1. The minimum absolute atomic E-state index is 0.135. The summed E-state index contributed by atoms with van der Waals surface area (Å²) in [6.45, 7) is 6.07. The number of nitrogens with zero attached hydrogens (tertiary/aromatic N) is 1. The van der Waals surface area contributed by atoms with Gasteiger partial charge in [-0.1, -0.05) is 29.8 Å². The third-order valence-electron chi connectivity index (χ3n) is 3.29. The maximum absolute atomic E-state index is 12.1. The largest absolute Gasteiger partial charge is 0.326 e. The van der Waals surface area contributed by atoms with Crippen molar-refractivity contribution in [1.82, 2.24) is 10.2 Å². The third-order valence-corrected chi connectivity index (χ3v) is 3.29. The number of hydrogen-bond donors (Lipinski definition) is 1. The number of likely N-dealkylation sites (N-methyl/N-ethyl adjacent to an activating group) is 1. The molecule has 86 valence electrons. The molecule has 0 spiro atoms. The van der Waals surface area contributed by atoms with Gasteiger partial charge in [-0.3, -0.25) is 10.1 Å². The van der Waals surface area contributed by atoms with Crippen molar-refractivity contribution < 1.29 is 4.79 Å². The highest BCUT2D eigenvalue weighted by Gasteiger charge is 2.42. The number of benzene rings is 1. The molecule has 2 rings (SSSR count). The first-order valence-corrected chi connectivity index (χ1v) is 5.54. The average Bonchev–Trinajstić information content (AvgIpc) is 2.42. The second-order valence-corrected chi connectivity index (χ2v) is 4.95. The molecule has 1 saturated heterocycles. The van der Waals surface area contributed by atoms with E-state index in [2.05, 4.69) is 11.4 Å². The lowest BCUT2D eigenvalue weighted by Gasteiger charge is -2.26. The summed E-state index contributed by atoms with van der Waals surface area (Å²) >= 11 is 0. The minimum atomic E-state index is -0.272. The molecule has 0 unspecified atom stereocenters. The number of aryl methyl sites for hydroxylation is 1. The van der Waals surface area contributed by atoms with Crippen molar-refractivity contribution in [2.45, 2.75) is 32.5 Å². The van der Waals surface area contributed by atoms with Gasteiger partial charge in [0.05, 0.1) is 5.66 Å². The molecule has 1 heterocycles. The van der Waals surface area contributed by atoms with Gasteiger partial charge in [0.15, 0.2) is 0 Å². The Balaban J connectivity index is 2.34. The molecule has 0 aromatic heterocycles. The van der Waals surface area contributed by atoms with Crippen molar-refractivity contribution in [2.75, 3.05) is 7.05 Å². The van der Waals surface area contributed by atoms with Crippen LogP contribution in [-0.4, -0.2) is 23.5 Å². The second kappa shape index (κ2) is 3.59. The first-order chi connectivity index (χ1) is 7.42. The van der Waals surface area contributed by atoms with Gasteiger partial charge < -0.3 is 4.90 Å². The van der Waals surface area contributed by atoms with Crippen molar-refractivity contribution in [1.29, 1.82) is 0 Å². The van der Waals surface area contributed by atoms with Crippen LogP contribution in [0.25, 0.3) is 0 Å². The molecule has 1 aromatic rings. The lowest BCUT2D eigenvalue weighted by molar-refractivity contribution is -0.130. The van der Waals surface area contributed by atoms with E-state index in [4.69, 9.17) is 0 Å². The van der Waals surface area contributed by atoms with Gasteiger partial charge in [0.25, 0.3) is 0 Å². The highest BCUT2D eigenvalue weighted by atomic mass is 16.2. The summed E-state index contributed by atoms with van der Waals surface area (Å²) in [6.07, 6.45) is 0. The summed E-state index contributed by atoms with van der Waals surface area (Å²) < 4.78 is 0. The van der Waals surface area contributed by atoms with Gasteiger partial charge in [0, 0.05) is 7.05 Å². The highest BCUT2D eigenvalue weighted by molar-refractivity contribution is 5.86. The normalized spacial score (nSPS) is 23.9. The molecule has 16 heavy (non-hydrogen) atoms. The first kappa shape index (κ1) is 11.1. The van der Waals surface area contributed by atoms with Crippen LogP contribution in [0.5, 0.6) is 0 Å². The quantitative estimate of drug-likeness (QED) is 0.780. The fraction of sp³-hybridized carbons (Fsp3) is 0.462. The Bertz CT molecular complexity index is 426. The van der Waals surface area contributed by atoms with Crippen LogP contribution < -0.4 is 5.32 Å². The Morgan fingerprint density at radius 1 is 1.38 bits per heavy atom. The van der Waals surface area contributed by atoms with E-state index >= 15 is 0 Å². The smallest absolute Gasteiger partial charge is 0.245 e. The van der Waals surface area contributed by atoms with Gasteiger partial charge in [-0.15, -0.1) is 0 Å². The van der Waals surface area contributed by atoms with E-state index in [9.17, 15) is 4.79 Å². The Morgan fingerprint density at radius 2 is 2.06 bits per heavy atom. The fourth-order valence-corrected chi connectivity index (χ4v) is 2.06. The molecule has 1 aliphatic rings. The molecule has 1 fully saturated rings. The molecule has 0 bridgehead atoms. The Kier molecular flexibility index (Phi) is 2.50. The summed E-state index contributed by atoms with van der Waals surface area (Å²) in [4.78, 5) is 13.9. The lowest BCUT2D eigenvalue weighted by Crippen LogP contribution is -2.44. The zero-order valence-corrected chi connectivity index (χ0v) is 10.2. The monoisotopic (exact) mass is 218 g/mol. The van der Waals surface area contributed by atoms with Crippen LogP contribution in [0, 0.1) is 6.92 Å². The van der Waals surface area contributed by atoms with E-state index in [0.29, 0.717) is 0 Å². The summed E-state index contributed by atoms with van der Waals surface area (Å²) in [5.74, 6) is 0.135. The summed E-state index contributed by atoms with van der Waals surface area (Å²) in [5.41, 5.74) is 1.95. The number of hydrogen-bond acceptors (Lipinski definition) is 2. The number of amides is 1. The Labute approximate surface area is 96.5 Å². The zero-order chi connectivity index (χ0) is 11.9. The second-order valence-electron chi connectivity index (χ2n) is 4.95. The molecule has 3 heteroatoms. The molecule has 3 nitrogen and oxygen atoms in total. The van der Waals surface area contributed by atoms with E-state index in [-0.39, 0.29) is 17.6 Å².